The summed E-state index contributed by atoms with van der Waals surface area (Å²) in [6.45, 7) is 2.01. The summed E-state index contributed by atoms with van der Waals surface area (Å²) in [7, 11) is 0. The van der Waals surface area contributed by atoms with Crippen LogP contribution in [0.3, 0.4) is 0 Å². The normalized spacial score (nSPS) is 14.8. The Labute approximate surface area is 161 Å². The Balaban J connectivity index is 1.63. The Kier molecular flexibility index (Phi) is 5.11. The third kappa shape index (κ3) is 4.14. The molecule has 0 atom stereocenters. The van der Waals surface area contributed by atoms with Crippen LogP contribution in [0.25, 0.3) is 21.9 Å². The van der Waals surface area contributed by atoms with Gasteiger partial charge >= 0.3 is 5.97 Å². The number of allylic oxidation sites excluding steroid dienone is 1. The van der Waals surface area contributed by atoms with Crippen molar-refractivity contribution >= 4 is 45.1 Å². The summed E-state index contributed by atoms with van der Waals surface area (Å²) < 4.78 is 1.09. The van der Waals surface area contributed by atoms with E-state index >= 15 is 0 Å². The number of rotatable bonds is 6. The number of aliphatic carboxylic acids is 1. The molecule has 1 fully saturated rings. The highest BCUT2D eigenvalue weighted by Gasteiger charge is 2.15. The van der Waals surface area contributed by atoms with Crippen molar-refractivity contribution in [3.63, 3.8) is 0 Å². The molecule has 0 bridgehead atoms. The molecular formula is C20H20N4O2S. The van der Waals surface area contributed by atoms with E-state index in [-0.39, 0.29) is 6.42 Å². The van der Waals surface area contributed by atoms with Crippen LogP contribution in [0.1, 0.15) is 36.3 Å². The van der Waals surface area contributed by atoms with Gasteiger partial charge in [0, 0.05) is 37.5 Å². The molecule has 1 N–H and O–H groups in total. The molecule has 2 aromatic heterocycles. The summed E-state index contributed by atoms with van der Waals surface area (Å²) in [5.41, 5.74) is 2.69. The Hall–Kier alpha value is -2.80. The maximum absolute atomic E-state index is 11.1. The van der Waals surface area contributed by atoms with Crippen molar-refractivity contribution in [2.75, 3.05) is 18.0 Å². The smallest absolute Gasteiger partial charge is 0.303 e. The van der Waals surface area contributed by atoms with Crippen LogP contribution in [0.4, 0.5) is 5.95 Å². The largest absolute Gasteiger partial charge is 0.481 e. The number of fused-ring (bicyclic) bond motifs is 1. The Morgan fingerprint density at radius 1 is 1.15 bits per heavy atom. The highest BCUT2D eigenvalue weighted by Crippen LogP contribution is 2.31. The number of carbonyl (C=O) groups is 1. The quantitative estimate of drug-likeness (QED) is 0.694. The molecule has 7 heteroatoms. The van der Waals surface area contributed by atoms with Gasteiger partial charge in [-0.05, 0) is 43.0 Å². The van der Waals surface area contributed by atoms with Gasteiger partial charge in [0.2, 0.25) is 5.95 Å². The lowest BCUT2D eigenvalue weighted by Gasteiger charge is -2.14. The molecule has 1 aromatic carbocycles. The second-order valence-electron chi connectivity index (χ2n) is 6.56. The molecule has 0 saturated carbocycles. The SMILES string of the molecule is O=C(O)CC/C(=C\c1cnc(N2CCCC2)nc1)c1nc2ccccc2s1. The molecule has 0 aliphatic carbocycles. The second kappa shape index (κ2) is 7.84. The summed E-state index contributed by atoms with van der Waals surface area (Å²) in [6, 6.07) is 7.94. The molecule has 3 aromatic rings. The lowest BCUT2D eigenvalue weighted by molar-refractivity contribution is -0.136. The fourth-order valence-corrected chi connectivity index (χ4v) is 4.19. The number of hydrogen-bond acceptors (Lipinski definition) is 6. The fourth-order valence-electron chi connectivity index (χ4n) is 3.18. The van der Waals surface area contributed by atoms with Gasteiger partial charge in [-0.1, -0.05) is 12.1 Å². The molecule has 0 radical (unpaired) electrons. The molecule has 138 valence electrons. The lowest BCUT2D eigenvalue weighted by Crippen LogP contribution is -2.20. The fraction of sp³-hybridized carbons (Fsp3) is 0.300. The van der Waals surface area contributed by atoms with Gasteiger partial charge in [0.15, 0.2) is 0 Å². The number of hydrogen-bond donors (Lipinski definition) is 1. The van der Waals surface area contributed by atoms with E-state index in [9.17, 15) is 4.79 Å². The number of carboxylic acid groups (broad SMARTS) is 1. The zero-order chi connectivity index (χ0) is 18.6. The van der Waals surface area contributed by atoms with Crippen molar-refractivity contribution in [2.24, 2.45) is 0 Å². The van der Waals surface area contributed by atoms with Gasteiger partial charge in [-0.15, -0.1) is 11.3 Å². The molecule has 1 aliphatic heterocycles. The van der Waals surface area contributed by atoms with Gasteiger partial charge in [0.25, 0.3) is 0 Å². The second-order valence-corrected chi connectivity index (χ2v) is 7.59. The summed E-state index contributed by atoms with van der Waals surface area (Å²) in [4.78, 5) is 26.9. The summed E-state index contributed by atoms with van der Waals surface area (Å²) in [5, 5.41) is 9.95. The van der Waals surface area contributed by atoms with Crippen molar-refractivity contribution in [1.82, 2.24) is 15.0 Å². The minimum absolute atomic E-state index is 0.0640. The molecule has 0 amide bonds. The maximum Gasteiger partial charge on any atom is 0.303 e. The molecular weight excluding hydrogens is 360 g/mol. The lowest BCUT2D eigenvalue weighted by atomic mass is 10.1. The van der Waals surface area contributed by atoms with Crippen LogP contribution >= 0.6 is 11.3 Å². The van der Waals surface area contributed by atoms with E-state index in [1.54, 1.807) is 23.7 Å². The molecule has 27 heavy (non-hydrogen) atoms. The van der Waals surface area contributed by atoms with Gasteiger partial charge < -0.3 is 10.0 Å². The Morgan fingerprint density at radius 3 is 2.59 bits per heavy atom. The van der Waals surface area contributed by atoms with Crippen molar-refractivity contribution in [3.8, 4) is 0 Å². The highest BCUT2D eigenvalue weighted by molar-refractivity contribution is 7.19. The molecule has 0 spiro atoms. The van der Waals surface area contributed by atoms with Gasteiger partial charge in [0.05, 0.1) is 10.2 Å². The molecule has 0 unspecified atom stereocenters. The van der Waals surface area contributed by atoms with Crippen LogP contribution in [0.5, 0.6) is 0 Å². The summed E-state index contributed by atoms with van der Waals surface area (Å²) in [6.07, 6.45) is 8.40. The van der Waals surface area contributed by atoms with Crippen molar-refractivity contribution in [1.29, 1.82) is 0 Å². The van der Waals surface area contributed by atoms with E-state index in [2.05, 4.69) is 19.9 Å². The molecule has 3 heterocycles. The monoisotopic (exact) mass is 380 g/mol. The first-order valence-corrected chi connectivity index (χ1v) is 9.86. The standard InChI is InChI=1S/C20H20N4O2S/c25-18(26)8-7-15(19-23-16-5-1-2-6-17(16)27-19)11-14-12-21-20(22-13-14)24-9-3-4-10-24/h1-2,5-6,11-13H,3-4,7-10H2,(H,25,26)/b15-11+. The average molecular weight is 380 g/mol. The van der Waals surface area contributed by atoms with E-state index in [1.807, 2.05) is 30.3 Å². The number of thiazole rings is 1. The number of benzene rings is 1. The van der Waals surface area contributed by atoms with Gasteiger partial charge in [-0.2, -0.15) is 0 Å². The van der Waals surface area contributed by atoms with E-state index in [0.717, 1.165) is 45.4 Å². The predicted molar refractivity (Wildman–Crippen MR) is 108 cm³/mol. The van der Waals surface area contributed by atoms with Crippen LogP contribution < -0.4 is 4.90 Å². The first-order chi connectivity index (χ1) is 13.2. The molecule has 1 aliphatic rings. The zero-order valence-corrected chi connectivity index (χ0v) is 15.7. The van der Waals surface area contributed by atoms with Crippen LogP contribution in [0.15, 0.2) is 36.7 Å². The maximum atomic E-state index is 11.1. The molecule has 1 saturated heterocycles. The van der Waals surface area contributed by atoms with Gasteiger partial charge in [-0.25, -0.2) is 15.0 Å². The van der Waals surface area contributed by atoms with Crippen LogP contribution in [-0.4, -0.2) is 39.1 Å². The number of anilines is 1. The first-order valence-electron chi connectivity index (χ1n) is 9.04. The topological polar surface area (TPSA) is 79.2 Å². The summed E-state index contributed by atoms with van der Waals surface area (Å²) >= 11 is 1.58. The van der Waals surface area contributed by atoms with E-state index in [4.69, 9.17) is 5.11 Å². The minimum atomic E-state index is -0.817. The first kappa shape index (κ1) is 17.6. The Bertz CT molecular complexity index is 942. The number of carboxylic acids is 1. The third-order valence-corrected chi connectivity index (χ3v) is 5.68. The molecule has 6 nitrogen and oxygen atoms in total. The molecule has 4 rings (SSSR count). The summed E-state index contributed by atoms with van der Waals surface area (Å²) in [5.74, 6) is -0.0561. The van der Waals surface area contributed by atoms with Crippen molar-refractivity contribution in [2.45, 2.75) is 25.7 Å². The van der Waals surface area contributed by atoms with Crippen molar-refractivity contribution in [3.05, 3.63) is 47.2 Å². The van der Waals surface area contributed by atoms with Gasteiger partial charge in [-0.3, -0.25) is 4.79 Å². The van der Waals surface area contributed by atoms with Crippen LogP contribution in [0, 0.1) is 0 Å². The number of aromatic nitrogens is 3. The van der Waals surface area contributed by atoms with E-state index in [0.29, 0.717) is 6.42 Å². The zero-order valence-electron chi connectivity index (χ0n) is 14.8. The number of para-hydroxylation sites is 1. The Morgan fingerprint density at radius 2 is 1.89 bits per heavy atom. The van der Waals surface area contributed by atoms with Crippen molar-refractivity contribution < 1.29 is 9.90 Å². The van der Waals surface area contributed by atoms with E-state index < -0.39 is 5.97 Å². The highest BCUT2D eigenvalue weighted by atomic mass is 32.1. The minimum Gasteiger partial charge on any atom is -0.481 e. The van der Waals surface area contributed by atoms with Gasteiger partial charge in [0.1, 0.15) is 5.01 Å². The third-order valence-electron chi connectivity index (χ3n) is 4.56. The van der Waals surface area contributed by atoms with E-state index in [1.165, 1.54) is 12.8 Å². The predicted octanol–water partition coefficient (Wildman–Crippen LogP) is 4.09. The van der Waals surface area contributed by atoms with Crippen LogP contribution in [0.2, 0.25) is 0 Å². The number of nitrogens with zero attached hydrogens (tertiary/aromatic N) is 4. The van der Waals surface area contributed by atoms with Crippen LogP contribution in [-0.2, 0) is 4.79 Å². The average Bonchev–Trinajstić information content (AvgIpc) is 3.35.